The van der Waals surface area contributed by atoms with Gasteiger partial charge in [-0.3, -0.25) is 4.79 Å². The minimum Gasteiger partial charge on any atom is -0.497 e. The van der Waals surface area contributed by atoms with Gasteiger partial charge in [-0.15, -0.1) is 0 Å². The predicted molar refractivity (Wildman–Crippen MR) is 142 cm³/mol. The van der Waals surface area contributed by atoms with Crippen LogP contribution in [0.1, 0.15) is 84.0 Å². The van der Waals surface area contributed by atoms with E-state index < -0.39 is 6.10 Å². The smallest absolute Gasteiger partial charge is 0.182 e. The number of ether oxygens (including phenoxy) is 2. The number of carbonyl (C=O) groups is 1. The first-order valence-electron chi connectivity index (χ1n) is 12.1. The van der Waals surface area contributed by atoms with Gasteiger partial charge in [0.25, 0.3) is 0 Å². The molecule has 0 fully saturated rings. The first-order chi connectivity index (χ1) is 16.0. The minimum atomic E-state index is -0.575. The summed E-state index contributed by atoms with van der Waals surface area (Å²) in [6.07, 6.45) is 12.5. The molecular weight excluding hydrogens is 408 g/mol. The molecule has 2 aromatic rings. The number of carbonyl (C=O) groups excluding carboxylic acids is 1. The van der Waals surface area contributed by atoms with Crippen LogP contribution in [-0.2, 0) is 4.79 Å². The van der Waals surface area contributed by atoms with Crippen LogP contribution in [0, 0.1) is 6.92 Å². The Hall–Kier alpha value is -2.81. The molecule has 0 spiro atoms. The number of aryl methyl sites for hydroxylation is 1. The summed E-state index contributed by atoms with van der Waals surface area (Å²) >= 11 is 0. The van der Waals surface area contributed by atoms with Crippen molar-refractivity contribution >= 4 is 5.78 Å². The van der Waals surface area contributed by atoms with Crippen LogP contribution in [-0.4, -0.2) is 12.9 Å². The lowest BCUT2D eigenvalue weighted by atomic mass is 10.0. The van der Waals surface area contributed by atoms with Crippen molar-refractivity contribution in [2.45, 2.75) is 79.8 Å². The van der Waals surface area contributed by atoms with Crippen molar-refractivity contribution in [3.8, 4) is 11.5 Å². The summed E-state index contributed by atoms with van der Waals surface area (Å²) in [7, 11) is 1.63. The number of hydrogen-bond acceptors (Lipinski definition) is 3. The molecule has 0 radical (unpaired) electrons. The number of para-hydroxylation sites is 1. The van der Waals surface area contributed by atoms with Gasteiger partial charge < -0.3 is 9.47 Å². The third kappa shape index (κ3) is 13.4. The van der Waals surface area contributed by atoms with E-state index in [4.69, 9.17) is 9.47 Å². The van der Waals surface area contributed by atoms with E-state index >= 15 is 0 Å². The molecule has 33 heavy (non-hydrogen) atoms. The van der Waals surface area contributed by atoms with E-state index in [1.165, 1.54) is 12.8 Å². The number of benzene rings is 2. The van der Waals surface area contributed by atoms with Gasteiger partial charge in [0.1, 0.15) is 11.5 Å². The molecule has 2 rings (SSSR count). The number of Topliss-reactive ketones (excluding diaryl/α,β-unsaturated/α-hetero) is 1. The Kier molecular flexibility index (Phi) is 18.2. The highest BCUT2D eigenvalue weighted by atomic mass is 16.5. The minimum absolute atomic E-state index is 0.111. The van der Waals surface area contributed by atoms with Gasteiger partial charge in [0.2, 0.25) is 0 Å². The molecule has 0 bridgehead atoms. The van der Waals surface area contributed by atoms with Gasteiger partial charge in [-0.25, -0.2) is 0 Å². The van der Waals surface area contributed by atoms with Crippen molar-refractivity contribution in [3.63, 3.8) is 0 Å². The average molecular weight is 453 g/mol. The number of rotatable bonds is 10. The number of hydrogen-bond donors (Lipinski definition) is 0. The van der Waals surface area contributed by atoms with Gasteiger partial charge >= 0.3 is 0 Å². The molecule has 0 heterocycles. The number of ketones is 1. The molecule has 1 atom stereocenters. The van der Waals surface area contributed by atoms with Crippen molar-refractivity contribution < 1.29 is 14.3 Å². The topological polar surface area (TPSA) is 35.5 Å². The van der Waals surface area contributed by atoms with Crippen molar-refractivity contribution in [3.05, 3.63) is 84.0 Å². The molecule has 1 unspecified atom stereocenters. The predicted octanol–water partition coefficient (Wildman–Crippen LogP) is 8.83. The van der Waals surface area contributed by atoms with Gasteiger partial charge in [-0.1, -0.05) is 94.7 Å². The summed E-state index contributed by atoms with van der Waals surface area (Å²) in [5, 5.41) is 0. The van der Waals surface area contributed by atoms with Gasteiger partial charge in [0.15, 0.2) is 11.9 Å². The van der Waals surface area contributed by atoms with Crippen LogP contribution in [0.2, 0.25) is 0 Å². The van der Waals surface area contributed by atoms with Gasteiger partial charge in [0, 0.05) is 12.0 Å². The quantitative estimate of drug-likeness (QED) is 0.338. The molecule has 0 aliphatic carbocycles. The molecule has 2 aromatic carbocycles. The molecule has 0 saturated carbocycles. The molecule has 0 aromatic heterocycles. The van der Waals surface area contributed by atoms with E-state index in [0.29, 0.717) is 6.42 Å². The molecule has 0 saturated heterocycles. The lowest BCUT2D eigenvalue weighted by Gasteiger charge is -2.20. The van der Waals surface area contributed by atoms with Gasteiger partial charge in [-0.05, 0) is 51.0 Å². The van der Waals surface area contributed by atoms with Gasteiger partial charge in [-0.2, -0.15) is 0 Å². The van der Waals surface area contributed by atoms with Crippen LogP contribution in [0.15, 0.2) is 72.8 Å². The Morgan fingerprint density at radius 2 is 1.45 bits per heavy atom. The van der Waals surface area contributed by atoms with Crippen LogP contribution < -0.4 is 9.47 Å². The monoisotopic (exact) mass is 452 g/mol. The normalized spacial score (nSPS) is 11.2. The van der Waals surface area contributed by atoms with E-state index in [-0.39, 0.29) is 5.78 Å². The van der Waals surface area contributed by atoms with Crippen molar-refractivity contribution in [2.24, 2.45) is 0 Å². The van der Waals surface area contributed by atoms with E-state index in [1.54, 1.807) is 7.11 Å². The third-order valence-corrected chi connectivity index (χ3v) is 4.82. The maximum absolute atomic E-state index is 12.6. The summed E-state index contributed by atoms with van der Waals surface area (Å²) in [5.74, 6) is 1.63. The average Bonchev–Trinajstić information content (AvgIpc) is 2.86. The van der Waals surface area contributed by atoms with Crippen molar-refractivity contribution in [1.29, 1.82) is 0 Å². The zero-order valence-corrected chi connectivity index (χ0v) is 21.8. The molecule has 0 amide bonds. The molecular formula is C30H44O3. The summed E-state index contributed by atoms with van der Waals surface area (Å²) in [6, 6.07) is 15.3. The maximum Gasteiger partial charge on any atom is 0.182 e. The Bertz CT molecular complexity index is 792. The Labute approximate surface area is 202 Å². The Balaban J connectivity index is 0.000000860. The standard InChI is InChI=1S/C20H24O3.C6H10.C4H10/c1-4-5-9-18(21)20(16-11-13-17(22-3)14-12-16)23-19-10-7-6-8-15(19)2;1-3-5-6-4-2;1-3-4-2/h6-8,10-14,20H,4-5,9H2,1-3H3;3-6H,1-2H3;3-4H2,1-2H3/b;5-3-,6-4-;. The van der Waals surface area contributed by atoms with E-state index in [2.05, 4.69) is 20.8 Å². The number of unbranched alkanes of at least 4 members (excludes halogenated alkanes) is 2. The number of methoxy groups -OCH3 is 1. The van der Waals surface area contributed by atoms with Crippen molar-refractivity contribution in [1.82, 2.24) is 0 Å². The Morgan fingerprint density at radius 1 is 0.879 bits per heavy atom. The zero-order chi connectivity index (χ0) is 24.9. The summed E-state index contributed by atoms with van der Waals surface area (Å²) in [4.78, 5) is 12.6. The zero-order valence-electron chi connectivity index (χ0n) is 21.8. The molecule has 3 nitrogen and oxygen atoms in total. The third-order valence-electron chi connectivity index (χ3n) is 4.82. The largest absolute Gasteiger partial charge is 0.497 e. The first-order valence-corrected chi connectivity index (χ1v) is 12.1. The molecule has 3 heteroatoms. The van der Waals surface area contributed by atoms with Crippen LogP contribution in [0.3, 0.4) is 0 Å². The second-order valence-electron chi connectivity index (χ2n) is 7.66. The number of allylic oxidation sites excluding steroid dienone is 4. The van der Waals surface area contributed by atoms with E-state index in [0.717, 1.165) is 35.5 Å². The molecule has 0 aliphatic heterocycles. The highest BCUT2D eigenvalue weighted by Crippen LogP contribution is 2.28. The summed E-state index contributed by atoms with van der Waals surface area (Å²) in [5.41, 5.74) is 1.88. The maximum atomic E-state index is 12.6. The molecule has 0 N–H and O–H groups in total. The second-order valence-corrected chi connectivity index (χ2v) is 7.66. The highest BCUT2D eigenvalue weighted by Gasteiger charge is 2.22. The lowest BCUT2D eigenvalue weighted by molar-refractivity contribution is -0.126. The van der Waals surface area contributed by atoms with E-state index in [9.17, 15) is 4.79 Å². The fraction of sp³-hybridized carbons (Fsp3) is 0.433. The second kappa shape index (κ2) is 19.8. The fourth-order valence-corrected chi connectivity index (χ4v) is 2.62. The highest BCUT2D eigenvalue weighted by molar-refractivity contribution is 5.84. The molecule has 0 aliphatic rings. The summed E-state index contributed by atoms with van der Waals surface area (Å²) < 4.78 is 11.3. The van der Waals surface area contributed by atoms with Crippen LogP contribution in [0.25, 0.3) is 0 Å². The Morgan fingerprint density at radius 3 is 1.91 bits per heavy atom. The lowest BCUT2D eigenvalue weighted by Crippen LogP contribution is -2.19. The van der Waals surface area contributed by atoms with Crippen molar-refractivity contribution in [2.75, 3.05) is 7.11 Å². The van der Waals surface area contributed by atoms with Crippen LogP contribution in [0.4, 0.5) is 0 Å². The van der Waals surface area contributed by atoms with Crippen LogP contribution in [0.5, 0.6) is 11.5 Å². The first kappa shape index (κ1) is 30.2. The SMILES string of the molecule is C/C=C\C=C/C.CCCC.CCCCC(=O)C(Oc1ccccc1C)c1ccc(OC)cc1. The van der Waals surface area contributed by atoms with Crippen LogP contribution >= 0.6 is 0 Å². The summed E-state index contributed by atoms with van der Waals surface area (Å²) in [6.45, 7) is 12.4. The van der Waals surface area contributed by atoms with Gasteiger partial charge in [0.05, 0.1) is 7.11 Å². The molecule has 182 valence electrons. The van der Waals surface area contributed by atoms with E-state index in [1.807, 2.05) is 93.6 Å². The fourth-order valence-electron chi connectivity index (χ4n) is 2.62.